The third-order valence-electron chi connectivity index (χ3n) is 4.98. The first-order chi connectivity index (χ1) is 12.5. The zero-order valence-electron chi connectivity index (χ0n) is 14.2. The van der Waals surface area contributed by atoms with Crippen LogP contribution in [0.15, 0.2) is 18.2 Å². The highest BCUT2D eigenvalue weighted by molar-refractivity contribution is 6.05. The Labute approximate surface area is 150 Å². The third-order valence-corrected chi connectivity index (χ3v) is 4.98. The topological polar surface area (TPSA) is 102 Å². The Morgan fingerprint density at radius 1 is 1.27 bits per heavy atom. The second kappa shape index (κ2) is 6.49. The molecule has 4 rings (SSSR count). The molecule has 0 spiro atoms. The molecule has 26 heavy (non-hydrogen) atoms. The standard InChI is InChI=1S/C17H20N4O5/c22-15-3-4-21(17(25)18-15)11-1-2-13-14(7-11)26-10-12-8-19(9-16(23)24)5-6-20(12)13/h1-2,7,12H,3-6,8-10H2,(H,23,24)(H,18,22,25)/t12-/m0/s1. The molecule has 0 saturated carbocycles. The number of nitrogens with zero attached hydrogens (tertiary/aromatic N) is 3. The number of rotatable bonds is 3. The fourth-order valence-electron chi connectivity index (χ4n) is 3.73. The molecule has 0 bridgehead atoms. The van der Waals surface area contributed by atoms with Crippen molar-refractivity contribution in [1.29, 1.82) is 0 Å². The van der Waals surface area contributed by atoms with Crippen LogP contribution < -0.4 is 19.9 Å². The lowest BCUT2D eigenvalue weighted by Crippen LogP contribution is -2.58. The number of hydrogen-bond donors (Lipinski definition) is 2. The second-order valence-electron chi connectivity index (χ2n) is 6.69. The van der Waals surface area contributed by atoms with Crippen LogP contribution in [-0.4, -0.2) is 73.3 Å². The summed E-state index contributed by atoms with van der Waals surface area (Å²) in [4.78, 5) is 39.9. The maximum absolute atomic E-state index is 12.0. The van der Waals surface area contributed by atoms with E-state index in [9.17, 15) is 14.4 Å². The normalized spacial score (nSPS) is 23.0. The SMILES string of the molecule is O=C(O)CN1CCN2c3ccc(N4CCC(=O)NC4=O)cc3OC[C@@H]2C1. The minimum absolute atomic E-state index is 0.0406. The highest BCUT2D eigenvalue weighted by Gasteiger charge is 2.34. The van der Waals surface area contributed by atoms with E-state index in [-0.39, 0.29) is 24.9 Å². The lowest BCUT2D eigenvalue weighted by atomic mass is 10.1. The Morgan fingerprint density at radius 2 is 2.12 bits per heavy atom. The number of piperazine rings is 1. The van der Waals surface area contributed by atoms with E-state index in [1.54, 1.807) is 0 Å². The van der Waals surface area contributed by atoms with E-state index in [1.807, 2.05) is 23.1 Å². The van der Waals surface area contributed by atoms with Crippen LogP contribution in [0.1, 0.15) is 6.42 Å². The molecule has 138 valence electrons. The van der Waals surface area contributed by atoms with E-state index in [1.165, 1.54) is 4.90 Å². The number of carbonyl (C=O) groups excluding carboxylic acids is 2. The molecule has 2 saturated heterocycles. The Morgan fingerprint density at radius 3 is 2.88 bits per heavy atom. The van der Waals surface area contributed by atoms with E-state index in [0.29, 0.717) is 37.7 Å². The average molecular weight is 360 g/mol. The highest BCUT2D eigenvalue weighted by atomic mass is 16.5. The number of urea groups is 1. The van der Waals surface area contributed by atoms with Crippen molar-refractivity contribution in [3.8, 4) is 5.75 Å². The Kier molecular flexibility index (Phi) is 4.15. The smallest absolute Gasteiger partial charge is 0.328 e. The van der Waals surface area contributed by atoms with Gasteiger partial charge in [0.1, 0.15) is 12.4 Å². The molecular formula is C17H20N4O5. The second-order valence-corrected chi connectivity index (χ2v) is 6.69. The Balaban J connectivity index is 1.51. The van der Waals surface area contributed by atoms with Crippen molar-refractivity contribution in [2.24, 2.45) is 0 Å². The van der Waals surface area contributed by atoms with E-state index in [2.05, 4.69) is 10.2 Å². The summed E-state index contributed by atoms with van der Waals surface area (Å²) in [6.45, 7) is 2.91. The van der Waals surface area contributed by atoms with E-state index < -0.39 is 12.0 Å². The number of benzene rings is 1. The number of imide groups is 1. The molecule has 3 amide bonds. The summed E-state index contributed by atoms with van der Waals surface area (Å²) in [5.41, 5.74) is 1.64. The summed E-state index contributed by atoms with van der Waals surface area (Å²) in [7, 11) is 0. The van der Waals surface area contributed by atoms with Crippen LogP contribution in [0.2, 0.25) is 0 Å². The number of amides is 3. The highest BCUT2D eigenvalue weighted by Crippen LogP contribution is 2.38. The largest absolute Gasteiger partial charge is 0.489 e. The minimum atomic E-state index is -0.821. The molecule has 3 aliphatic heterocycles. The van der Waals surface area contributed by atoms with Gasteiger partial charge in [-0.1, -0.05) is 0 Å². The number of nitrogens with one attached hydrogen (secondary N) is 1. The summed E-state index contributed by atoms with van der Waals surface area (Å²) in [5.74, 6) is -0.379. The van der Waals surface area contributed by atoms with Crippen molar-refractivity contribution < 1.29 is 24.2 Å². The molecule has 9 heteroatoms. The molecule has 2 N–H and O–H groups in total. The third kappa shape index (κ3) is 3.05. The summed E-state index contributed by atoms with van der Waals surface area (Å²) < 4.78 is 5.89. The predicted octanol–water partition coefficient (Wildman–Crippen LogP) is 0.101. The van der Waals surface area contributed by atoms with E-state index in [0.717, 1.165) is 12.2 Å². The molecule has 0 aliphatic carbocycles. The lowest BCUT2D eigenvalue weighted by molar-refractivity contribution is -0.138. The molecule has 3 aliphatic rings. The molecule has 2 fully saturated rings. The van der Waals surface area contributed by atoms with Gasteiger partial charge in [-0.25, -0.2) is 4.79 Å². The molecular weight excluding hydrogens is 340 g/mol. The number of carbonyl (C=O) groups is 3. The lowest BCUT2D eigenvalue weighted by Gasteiger charge is -2.45. The maximum atomic E-state index is 12.0. The summed E-state index contributed by atoms with van der Waals surface area (Å²) >= 11 is 0. The summed E-state index contributed by atoms with van der Waals surface area (Å²) in [5, 5.41) is 11.3. The zero-order chi connectivity index (χ0) is 18.3. The van der Waals surface area contributed by atoms with Gasteiger partial charge >= 0.3 is 12.0 Å². The first kappa shape index (κ1) is 16.6. The predicted molar refractivity (Wildman–Crippen MR) is 92.6 cm³/mol. The van der Waals surface area contributed by atoms with Gasteiger partial charge in [0.15, 0.2) is 0 Å². The van der Waals surface area contributed by atoms with Gasteiger partial charge in [-0.05, 0) is 12.1 Å². The molecule has 1 aromatic carbocycles. The number of anilines is 2. The summed E-state index contributed by atoms with van der Waals surface area (Å²) in [6.07, 6.45) is 0.275. The molecule has 1 aromatic rings. The van der Waals surface area contributed by atoms with Crippen LogP contribution in [0.3, 0.4) is 0 Å². The van der Waals surface area contributed by atoms with Crippen LogP contribution >= 0.6 is 0 Å². The fraction of sp³-hybridized carbons (Fsp3) is 0.471. The van der Waals surface area contributed by atoms with Crippen LogP contribution in [0.25, 0.3) is 0 Å². The number of carboxylic acid groups (broad SMARTS) is 1. The van der Waals surface area contributed by atoms with Crippen molar-refractivity contribution in [2.45, 2.75) is 12.5 Å². The Hall–Kier alpha value is -2.81. The first-order valence-corrected chi connectivity index (χ1v) is 8.60. The quantitative estimate of drug-likeness (QED) is 0.788. The Bertz CT molecular complexity index is 768. The molecule has 0 unspecified atom stereocenters. The van der Waals surface area contributed by atoms with Crippen molar-refractivity contribution in [1.82, 2.24) is 10.2 Å². The zero-order valence-corrected chi connectivity index (χ0v) is 14.2. The van der Waals surface area contributed by atoms with Gasteiger partial charge in [-0.2, -0.15) is 0 Å². The number of aliphatic carboxylic acids is 1. The fourth-order valence-corrected chi connectivity index (χ4v) is 3.73. The van der Waals surface area contributed by atoms with Gasteiger partial charge in [-0.3, -0.25) is 24.7 Å². The molecule has 9 nitrogen and oxygen atoms in total. The van der Waals surface area contributed by atoms with Crippen LogP contribution in [0.4, 0.5) is 16.2 Å². The van der Waals surface area contributed by atoms with Crippen LogP contribution in [0, 0.1) is 0 Å². The number of ether oxygens (including phenoxy) is 1. The van der Waals surface area contributed by atoms with Gasteiger partial charge in [-0.15, -0.1) is 0 Å². The van der Waals surface area contributed by atoms with Crippen molar-refractivity contribution in [3.05, 3.63) is 18.2 Å². The van der Waals surface area contributed by atoms with Crippen molar-refractivity contribution in [3.63, 3.8) is 0 Å². The molecule has 0 radical (unpaired) electrons. The van der Waals surface area contributed by atoms with Gasteiger partial charge in [0.2, 0.25) is 5.91 Å². The van der Waals surface area contributed by atoms with Gasteiger partial charge in [0.25, 0.3) is 0 Å². The number of fused-ring (bicyclic) bond motifs is 3. The molecule has 0 aromatic heterocycles. The van der Waals surface area contributed by atoms with Crippen molar-refractivity contribution >= 4 is 29.3 Å². The monoisotopic (exact) mass is 360 g/mol. The minimum Gasteiger partial charge on any atom is -0.489 e. The van der Waals surface area contributed by atoms with Gasteiger partial charge in [0.05, 0.1) is 18.3 Å². The maximum Gasteiger partial charge on any atom is 0.328 e. The molecule has 1 atom stereocenters. The summed E-state index contributed by atoms with van der Waals surface area (Å²) in [6, 6.07) is 5.29. The average Bonchev–Trinajstić information content (AvgIpc) is 2.60. The van der Waals surface area contributed by atoms with Crippen molar-refractivity contribution in [2.75, 3.05) is 49.1 Å². The first-order valence-electron chi connectivity index (χ1n) is 8.60. The number of hydrogen-bond acceptors (Lipinski definition) is 6. The van der Waals surface area contributed by atoms with E-state index >= 15 is 0 Å². The van der Waals surface area contributed by atoms with Gasteiger partial charge in [0, 0.05) is 44.4 Å². The molecule has 3 heterocycles. The van der Waals surface area contributed by atoms with Crippen LogP contribution in [0.5, 0.6) is 5.75 Å². The van der Waals surface area contributed by atoms with Crippen LogP contribution in [-0.2, 0) is 9.59 Å². The van der Waals surface area contributed by atoms with E-state index in [4.69, 9.17) is 9.84 Å². The van der Waals surface area contributed by atoms with Gasteiger partial charge < -0.3 is 14.7 Å². The number of carboxylic acids is 1.